The Morgan fingerprint density at radius 1 is 1.25 bits per heavy atom. The topological polar surface area (TPSA) is 54.2 Å². The molecule has 5 nitrogen and oxygen atoms in total. The van der Waals surface area contributed by atoms with Crippen molar-refractivity contribution in [3.05, 3.63) is 47.3 Å². The number of guanidine groups is 1. The van der Waals surface area contributed by atoms with Gasteiger partial charge in [-0.05, 0) is 57.2 Å². The van der Waals surface area contributed by atoms with E-state index in [-0.39, 0.29) is 0 Å². The van der Waals surface area contributed by atoms with E-state index in [0.29, 0.717) is 6.54 Å². The zero-order valence-corrected chi connectivity index (χ0v) is 14.8. The molecule has 0 saturated heterocycles. The first kappa shape index (κ1) is 16.6. The predicted octanol–water partition coefficient (Wildman–Crippen LogP) is 2.95. The van der Waals surface area contributed by atoms with Crippen LogP contribution in [0.3, 0.4) is 0 Å². The highest BCUT2D eigenvalue weighted by molar-refractivity contribution is 5.79. The van der Waals surface area contributed by atoms with E-state index in [9.17, 15) is 0 Å². The van der Waals surface area contributed by atoms with Crippen molar-refractivity contribution in [2.45, 2.75) is 40.2 Å². The Kier molecular flexibility index (Phi) is 5.18. The minimum atomic E-state index is 0.633. The third kappa shape index (κ3) is 4.16. The average Bonchev–Trinajstić information content (AvgIpc) is 3.34. The Labute approximate surface area is 144 Å². The molecule has 1 aliphatic rings. The van der Waals surface area contributed by atoms with Crippen LogP contribution in [0.4, 0.5) is 0 Å². The summed E-state index contributed by atoms with van der Waals surface area (Å²) >= 11 is 0. The average molecular weight is 325 g/mol. The van der Waals surface area contributed by atoms with Crippen molar-refractivity contribution >= 4 is 5.96 Å². The molecule has 1 aliphatic carbocycles. The molecule has 0 amide bonds. The fraction of sp³-hybridized carbons (Fsp3) is 0.474. The lowest BCUT2D eigenvalue weighted by molar-refractivity contribution is 0.738. The fourth-order valence-electron chi connectivity index (χ4n) is 2.79. The number of aromatic nitrogens is 2. The molecule has 1 heterocycles. The summed E-state index contributed by atoms with van der Waals surface area (Å²) in [4.78, 5) is 4.76. The molecule has 0 bridgehead atoms. The minimum absolute atomic E-state index is 0.633. The summed E-state index contributed by atoms with van der Waals surface area (Å²) in [6, 6.07) is 10.4. The molecule has 2 aromatic rings. The Bertz CT molecular complexity index is 712. The number of rotatable bonds is 6. The van der Waals surface area contributed by atoms with Gasteiger partial charge >= 0.3 is 0 Å². The third-order valence-corrected chi connectivity index (χ3v) is 4.24. The number of hydrogen-bond donors (Lipinski definition) is 2. The number of para-hydroxylation sites is 1. The van der Waals surface area contributed by atoms with E-state index in [1.54, 1.807) is 0 Å². The molecule has 128 valence electrons. The first-order chi connectivity index (χ1) is 11.7. The standard InChI is InChI=1S/C19H27N5/c1-4-20-19(21-12-16-9-10-16)22-13-17-7-5-6-8-18(17)24-15(3)11-14(2)23-24/h5-8,11,16H,4,9-10,12-13H2,1-3H3,(H2,20,21,22). The van der Waals surface area contributed by atoms with Gasteiger partial charge in [-0.15, -0.1) is 0 Å². The molecule has 1 aromatic carbocycles. The predicted molar refractivity (Wildman–Crippen MR) is 98.6 cm³/mol. The van der Waals surface area contributed by atoms with Gasteiger partial charge in [0.25, 0.3) is 0 Å². The molecule has 1 fully saturated rings. The van der Waals surface area contributed by atoms with Crippen LogP contribution in [-0.2, 0) is 6.54 Å². The summed E-state index contributed by atoms with van der Waals surface area (Å²) in [5, 5.41) is 11.4. The Hall–Kier alpha value is -2.30. The molecule has 0 atom stereocenters. The zero-order chi connectivity index (χ0) is 16.9. The van der Waals surface area contributed by atoms with Crippen molar-refractivity contribution in [2.75, 3.05) is 13.1 Å². The van der Waals surface area contributed by atoms with Gasteiger partial charge in [-0.1, -0.05) is 18.2 Å². The Morgan fingerprint density at radius 3 is 2.71 bits per heavy atom. The van der Waals surface area contributed by atoms with Gasteiger partial charge in [-0.2, -0.15) is 5.10 Å². The van der Waals surface area contributed by atoms with Gasteiger partial charge in [0.2, 0.25) is 0 Å². The SMILES string of the molecule is CCNC(=NCc1ccccc1-n1nc(C)cc1C)NCC1CC1. The van der Waals surface area contributed by atoms with Crippen LogP contribution in [-0.4, -0.2) is 28.8 Å². The molecule has 0 unspecified atom stereocenters. The molecular weight excluding hydrogens is 298 g/mol. The van der Waals surface area contributed by atoms with E-state index in [1.807, 2.05) is 11.6 Å². The van der Waals surface area contributed by atoms with Crippen LogP contribution in [0.25, 0.3) is 5.69 Å². The molecule has 1 aromatic heterocycles. The second kappa shape index (κ2) is 7.51. The van der Waals surface area contributed by atoms with Gasteiger partial charge in [-0.3, -0.25) is 0 Å². The molecule has 0 spiro atoms. The van der Waals surface area contributed by atoms with Gasteiger partial charge in [0.1, 0.15) is 0 Å². The second-order valence-corrected chi connectivity index (χ2v) is 6.49. The largest absolute Gasteiger partial charge is 0.357 e. The molecule has 3 rings (SSSR count). The highest BCUT2D eigenvalue weighted by atomic mass is 15.3. The summed E-state index contributed by atoms with van der Waals surface area (Å²) in [6.45, 7) is 8.73. The van der Waals surface area contributed by atoms with Crippen LogP contribution in [0.1, 0.15) is 36.7 Å². The maximum Gasteiger partial charge on any atom is 0.191 e. The highest BCUT2D eigenvalue weighted by Gasteiger charge is 2.21. The van der Waals surface area contributed by atoms with Gasteiger partial charge in [0.05, 0.1) is 17.9 Å². The van der Waals surface area contributed by atoms with Crippen molar-refractivity contribution in [3.63, 3.8) is 0 Å². The summed E-state index contributed by atoms with van der Waals surface area (Å²) < 4.78 is 2.00. The number of aliphatic imine (C=N–C) groups is 1. The maximum absolute atomic E-state index is 4.76. The van der Waals surface area contributed by atoms with Crippen molar-refractivity contribution in [1.82, 2.24) is 20.4 Å². The van der Waals surface area contributed by atoms with E-state index in [4.69, 9.17) is 4.99 Å². The van der Waals surface area contributed by atoms with Crippen molar-refractivity contribution in [1.29, 1.82) is 0 Å². The first-order valence-corrected chi connectivity index (χ1v) is 8.81. The lowest BCUT2D eigenvalue weighted by Gasteiger charge is -2.13. The first-order valence-electron chi connectivity index (χ1n) is 8.81. The van der Waals surface area contributed by atoms with Gasteiger partial charge in [-0.25, -0.2) is 9.67 Å². The van der Waals surface area contributed by atoms with Crippen LogP contribution in [0.2, 0.25) is 0 Å². The molecule has 24 heavy (non-hydrogen) atoms. The number of aryl methyl sites for hydroxylation is 2. The lowest BCUT2D eigenvalue weighted by atomic mass is 10.2. The number of hydrogen-bond acceptors (Lipinski definition) is 2. The van der Waals surface area contributed by atoms with Gasteiger partial charge < -0.3 is 10.6 Å². The number of nitrogens with one attached hydrogen (secondary N) is 2. The normalized spacial score (nSPS) is 14.7. The summed E-state index contributed by atoms with van der Waals surface area (Å²) in [6.07, 6.45) is 2.68. The monoisotopic (exact) mass is 325 g/mol. The van der Waals surface area contributed by atoms with E-state index in [1.165, 1.54) is 18.4 Å². The van der Waals surface area contributed by atoms with Crippen molar-refractivity contribution in [2.24, 2.45) is 10.9 Å². The maximum atomic E-state index is 4.76. The van der Waals surface area contributed by atoms with Crippen molar-refractivity contribution in [3.8, 4) is 5.69 Å². The molecule has 0 aliphatic heterocycles. The van der Waals surface area contributed by atoms with Crippen LogP contribution in [0.5, 0.6) is 0 Å². The van der Waals surface area contributed by atoms with E-state index < -0.39 is 0 Å². The Morgan fingerprint density at radius 2 is 2.04 bits per heavy atom. The van der Waals surface area contributed by atoms with E-state index >= 15 is 0 Å². The van der Waals surface area contributed by atoms with Crippen molar-refractivity contribution < 1.29 is 0 Å². The second-order valence-electron chi connectivity index (χ2n) is 6.49. The van der Waals surface area contributed by atoms with Crippen LogP contribution in [0.15, 0.2) is 35.3 Å². The van der Waals surface area contributed by atoms with Crippen LogP contribution < -0.4 is 10.6 Å². The summed E-state index contributed by atoms with van der Waals surface area (Å²) in [5.41, 5.74) is 4.45. The van der Waals surface area contributed by atoms with Gasteiger partial charge in [0, 0.05) is 18.8 Å². The molecule has 1 saturated carbocycles. The zero-order valence-electron chi connectivity index (χ0n) is 14.8. The summed E-state index contributed by atoms with van der Waals surface area (Å²) in [7, 11) is 0. The number of nitrogens with zero attached hydrogens (tertiary/aromatic N) is 3. The van der Waals surface area contributed by atoms with Crippen LogP contribution >= 0.6 is 0 Å². The van der Waals surface area contributed by atoms with Crippen LogP contribution in [0, 0.1) is 19.8 Å². The van der Waals surface area contributed by atoms with E-state index in [0.717, 1.165) is 42.0 Å². The Balaban J connectivity index is 1.78. The number of benzene rings is 1. The summed E-state index contributed by atoms with van der Waals surface area (Å²) in [5.74, 6) is 1.73. The molecule has 2 N–H and O–H groups in total. The molecule has 5 heteroatoms. The fourth-order valence-corrected chi connectivity index (χ4v) is 2.79. The smallest absolute Gasteiger partial charge is 0.191 e. The van der Waals surface area contributed by atoms with Gasteiger partial charge in [0.15, 0.2) is 5.96 Å². The quantitative estimate of drug-likeness (QED) is 0.634. The molecular formula is C19H27N5. The lowest BCUT2D eigenvalue weighted by Crippen LogP contribution is -2.38. The highest BCUT2D eigenvalue weighted by Crippen LogP contribution is 2.27. The third-order valence-electron chi connectivity index (χ3n) is 4.24. The van der Waals surface area contributed by atoms with E-state index in [2.05, 4.69) is 59.9 Å². The minimum Gasteiger partial charge on any atom is -0.357 e. The molecule has 0 radical (unpaired) electrons.